The molecule has 0 bridgehead atoms. The Labute approximate surface area is 223 Å². The van der Waals surface area contributed by atoms with Crippen molar-refractivity contribution in [3.63, 3.8) is 0 Å². The number of ether oxygens (including phenoxy) is 1. The van der Waals surface area contributed by atoms with Crippen LogP contribution in [0.3, 0.4) is 0 Å². The van der Waals surface area contributed by atoms with E-state index >= 15 is 0 Å². The van der Waals surface area contributed by atoms with E-state index in [0.717, 1.165) is 4.90 Å². The Morgan fingerprint density at radius 3 is 2.38 bits per heavy atom. The summed E-state index contributed by atoms with van der Waals surface area (Å²) in [5, 5.41) is 5.11. The molecule has 2 unspecified atom stereocenters. The lowest BCUT2D eigenvalue weighted by Crippen LogP contribution is -2.50. The third-order valence-corrected chi connectivity index (χ3v) is 6.78. The molecule has 4 N–H and O–H groups in total. The van der Waals surface area contributed by atoms with Crippen molar-refractivity contribution in [2.75, 3.05) is 11.7 Å². The van der Waals surface area contributed by atoms with Gasteiger partial charge in [-0.1, -0.05) is 55.5 Å². The number of halogens is 1. The second kappa shape index (κ2) is 11.4. The third-order valence-electron chi connectivity index (χ3n) is 6.31. The highest BCUT2D eigenvalue weighted by atomic mass is 31.2. The Morgan fingerprint density at radius 2 is 1.77 bits per heavy atom. The fourth-order valence-corrected chi connectivity index (χ4v) is 4.65. The Kier molecular flexibility index (Phi) is 8.15. The number of amides is 4. The molecule has 3 aromatic carbocycles. The molecule has 4 rings (SSSR count). The number of hydrogen-bond acceptors (Lipinski definition) is 5. The topological polar surface area (TPSA) is 145 Å². The molecule has 204 valence electrons. The molecule has 0 saturated carbocycles. The average Bonchev–Trinajstić information content (AvgIpc) is 3.18. The van der Waals surface area contributed by atoms with Crippen molar-refractivity contribution >= 4 is 31.1 Å². The van der Waals surface area contributed by atoms with Crippen molar-refractivity contribution < 1.29 is 37.9 Å². The van der Waals surface area contributed by atoms with Crippen LogP contribution in [0.25, 0.3) is 0 Å². The third kappa shape index (κ3) is 6.51. The van der Waals surface area contributed by atoms with E-state index in [0.29, 0.717) is 16.7 Å². The predicted octanol–water partition coefficient (Wildman–Crippen LogP) is 4.05. The van der Waals surface area contributed by atoms with Crippen molar-refractivity contribution in [1.29, 1.82) is 0 Å². The van der Waals surface area contributed by atoms with Crippen molar-refractivity contribution in [2.24, 2.45) is 0 Å². The van der Waals surface area contributed by atoms with Crippen LogP contribution in [-0.4, -0.2) is 44.9 Å². The SMILES string of the molecule is Cc1ccc(NC(=O)C(C(C)c2ccccc2)N2C(=O)N[C@H](c3ccc(OCP(=O)(O)O)cc3)C2=O)c(F)c1. The van der Waals surface area contributed by atoms with E-state index in [9.17, 15) is 23.3 Å². The van der Waals surface area contributed by atoms with Gasteiger partial charge in [0.05, 0.1) is 5.69 Å². The van der Waals surface area contributed by atoms with Crippen LogP contribution in [0.2, 0.25) is 0 Å². The lowest BCUT2D eigenvalue weighted by molar-refractivity contribution is -0.134. The number of nitrogens with one attached hydrogen (secondary N) is 2. The molecule has 1 aliphatic heterocycles. The highest BCUT2D eigenvalue weighted by Crippen LogP contribution is 2.35. The van der Waals surface area contributed by atoms with Gasteiger partial charge in [-0.15, -0.1) is 0 Å². The first kappa shape index (κ1) is 28.0. The number of carbonyl (C=O) groups excluding carboxylic acids is 3. The highest BCUT2D eigenvalue weighted by Gasteiger charge is 2.47. The average molecular weight is 555 g/mol. The summed E-state index contributed by atoms with van der Waals surface area (Å²) >= 11 is 0. The van der Waals surface area contributed by atoms with Gasteiger partial charge in [-0.25, -0.2) is 14.1 Å². The molecular weight excluding hydrogens is 528 g/mol. The standard InChI is InChI=1S/C27H27FN3O7P/c1-16-8-13-22(21(28)14-16)29-25(32)24(17(2)18-6-4-3-5-7-18)31-26(33)23(30-27(31)34)19-9-11-20(12-10-19)38-15-39(35,36)37/h3-14,17,23-24H,15H2,1-2H3,(H,29,32)(H,30,34)(H2,35,36,37)/t17?,23-,24?/m1/s1. The van der Waals surface area contributed by atoms with E-state index in [1.54, 1.807) is 50.2 Å². The van der Waals surface area contributed by atoms with E-state index in [4.69, 9.17) is 14.5 Å². The number of aryl methyl sites for hydroxylation is 1. The van der Waals surface area contributed by atoms with E-state index < -0.39 is 55.6 Å². The van der Waals surface area contributed by atoms with Crippen LogP contribution in [-0.2, 0) is 14.2 Å². The Morgan fingerprint density at radius 1 is 1.10 bits per heavy atom. The van der Waals surface area contributed by atoms with Crippen LogP contribution in [0.4, 0.5) is 14.9 Å². The quantitative estimate of drug-likeness (QED) is 0.230. The van der Waals surface area contributed by atoms with Crippen molar-refractivity contribution in [2.45, 2.75) is 31.8 Å². The Balaban J connectivity index is 1.62. The summed E-state index contributed by atoms with van der Waals surface area (Å²) in [6.07, 6.45) is -0.811. The molecule has 1 fully saturated rings. The van der Waals surface area contributed by atoms with Crippen LogP contribution < -0.4 is 15.4 Å². The number of imide groups is 1. The lowest BCUT2D eigenvalue weighted by atomic mass is 9.91. The summed E-state index contributed by atoms with van der Waals surface area (Å²) in [4.78, 5) is 59.0. The Hall–Kier alpha value is -4.05. The summed E-state index contributed by atoms with van der Waals surface area (Å²) in [6, 6.07) is 15.7. The van der Waals surface area contributed by atoms with Gasteiger partial charge in [0, 0.05) is 5.92 Å². The number of rotatable bonds is 9. The second-order valence-corrected chi connectivity index (χ2v) is 10.8. The predicted molar refractivity (Wildman–Crippen MR) is 141 cm³/mol. The van der Waals surface area contributed by atoms with Crippen LogP contribution in [0.1, 0.15) is 35.6 Å². The fourth-order valence-electron chi connectivity index (χ4n) is 4.33. The number of anilines is 1. The van der Waals surface area contributed by atoms with Crippen LogP contribution in [0, 0.1) is 12.7 Å². The van der Waals surface area contributed by atoms with E-state index in [-0.39, 0.29) is 11.4 Å². The molecule has 0 aromatic heterocycles. The van der Waals surface area contributed by atoms with Crippen LogP contribution >= 0.6 is 7.60 Å². The zero-order valence-corrected chi connectivity index (χ0v) is 22.0. The minimum Gasteiger partial charge on any atom is -0.481 e. The molecule has 0 radical (unpaired) electrons. The molecule has 3 aromatic rings. The van der Waals surface area contributed by atoms with Gasteiger partial charge in [0.15, 0.2) is 6.35 Å². The van der Waals surface area contributed by atoms with Gasteiger partial charge in [0.25, 0.3) is 5.91 Å². The molecule has 1 heterocycles. The molecule has 1 saturated heterocycles. The molecule has 0 spiro atoms. The van der Waals surface area contributed by atoms with Gasteiger partial charge in [0.1, 0.15) is 23.7 Å². The van der Waals surface area contributed by atoms with Crippen molar-refractivity contribution in [3.8, 4) is 5.75 Å². The largest absolute Gasteiger partial charge is 0.481 e. The van der Waals surface area contributed by atoms with Gasteiger partial charge >= 0.3 is 13.6 Å². The van der Waals surface area contributed by atoms with E-state index in [1.165, 1.54) is 36.4 Å². The fraction of sp³-hybridized carbons (Fsp3) is 0.222. The Bertz CT molecular complexity index is 1430. The number of benzene rings is 3. The molecule has 10 nitrogen and oxygen atoms in total. The number of hydrogen-bond donors (Lipinski definition) is 4. The first-order chi connectivity index (χ1) is 18.4. The number of urea groups is 1. The van der Waals surface area contributed by atoms with E-state index in [1.807, 2.05) is 0 Å². The van der Waals surface area contributed by atoms with Gasteiger partial charge in [-0.2, -0.15) is 0 Å². The molecule has 1 aliphatic rings. The lowest BCUT2D eigenvalue weighted by Gasteiger charge is -2.30. The summed E-state index contributed by atoms with van der Waals surface area (Å²) in [6.45, 7) is 3.41. The number of carbonyl (C=O) groups is 3. The summed E-state index contributed by atoms with van der Waals surface area (Å²) in [7, 11) is -4.38. The maximum atomic E-state index is 14.5. The maximum Gasteiger partial charge on any atom is 0.362 e. The van der Waals surface area contributed by atoms with Gasteiger partial charge < -0.3 is 25.2 Å². The summed E-state index contributed by atoms with van der Waals surface area (Å²) < 4.78 is 30.6. The normalized spacial score (nSPS) is 16.9. The van der Waals surface area contributed by atoms with E-state index in [2.05, 4.69) is 10.6 Å². The smallest absolute Gasteiger partial charge is 0.362 e. The first-order valence-corrected chi connectivity index (χ1v) is 13.8. The van der Waals surface area contributed by atoms with Crippen LogP contribution in [0.5, 0.6) is 5.75 Å². The molecule has 3 atom stereocenters. The molecule has 0 aliphatic carbocycles. The second-order valence-electron chi connectivity index (χ2n) is 9.21. The molecule has 39 heavy (non-hydrogen) atoms. The van der Waals surface area contributed by atoms with Gasteiger partial charge in [0.2, 0.25) is 5.91 Å². The number of nitrogens with zero attached hydrogens (tertiary/aromatic N) is 1. The monoisotopic (exact) mass is 555 g/mol. The minimum absolute atomic E-state index is 0.0784. The van der Waals surface area contributed by atoms with Crippen molar-refractivity contribution in [3.05, 3.63) is 95.3 Å². The molecular formula is C27H27FN3O7P. The molecule has 12 heteroatoms. The van der Waals surface area contributed by atoms with Crippen LogP contribution in [0.15, 0.2) is 72.8 Å². The van der Waals surface area contributed by atoms with Crippen molar-refractivity contribution in [1.82, 2.24) is 10.2 Å². The zero-order chi connectivity index (χ0) is 28.3. The maximum absolute atomic E-state index is 14.5. The minimum atomic E-state index is -4.38. The van der Waals surface area contributed by atoms with Gasteiger partial charge in [-0.05, 0) is 47.9 Å². The first-order valence-electron chi connectivity index (χ1n) is 12.0. The van der Waals surface area contributed by atoms with Gasteiger partial charge in [-0.3, -0.25) is 14.2 Å². The summed E-state index contributed by atoms with van der Waals surface area (Å²) in [5.41, 5.74) is 1.65. The zero-order valence-electron chi connectivity index (χ0n) is 21.1. The highest BCUT2D eigenvalue weighted by molar-refractivity contribution is 7.51. The molecule has 4 amide bonds. The summed E-state index contributed by atoms with van der Waals surface area (Å²) in [5.74, 6) is -2.55.